The number of halogens is 1. The number of carbonyl (C=O) groups is 2. The molecule has 1 N–H and O–H groups in total. The summed E-state index contributed by atoms with van der Waals surface area (Å²) in [5.41, 5.74) is 0.995. The Kier molecular flexibility index (Phi) is 6.03. The van der Waals surface area contributed by atoms with Crippen molar-refractivity contribution in [1.82, 2.24) is 19.8 Å². The van der Waals surface area contributed by atoms with Crippen LogP contribution in [0.5, 0.6) is 0 Å². The molecule has 0 saturated carbocycles. The molecule has 2 aliphatic heterocycles. The molecular weight excluding hydrogens is 385 g/mol. The number of benzene rings is 1. The number of likely N-dealkylation sites (tertiary alicyclic amines) is 2. The highest BCUT2D eigenvalue weighted by Crippen LogP contribution is 2.33. The van der Waals surface area contributed by atoms with Crippen LogP contribution in [0.1, 0.15) is 29.8 Å². The van der Waals surface area contributed by atoms with Crippen molar-refractivity contribution < 1.29 is 14.0 Å². The van der Waals surface area contributed by atoms with Gasteiger partial charge in [0.1, 0.15) is 11.5 Å². The summed E-state index contributed by atoms with van der Waals surface area (Å²) in [6.45, 7) is 2.09. The summed E-state index contributed by atoms with van der Waals surface area (Å²) in [6.07, 6.45) is 7.21. The van der Waals surface area contributed by atoms with Gasteiger partial charge in [-0.1, -0.05) is 0 Å². The number of anilines is 1. The van der Waals surface area contributed by atoms with Crippen molar-refractivity contribution >= 4 is 17.5 Å². The van der Waals surface area contributed by atoms with Gasteiger partial charge in [-0.2, -0.15) is 0 Å². The number of hydrogen-bond acceptors (Lipinski definition) is 5. The van der Waals surface area contributed by atoms with E-state index in [1.54, 1.807) is 18.3 Å². The smallest absolute Gasteiger partial charge is 0.274 e. The van der Waals surface area contributed by atoms with Crippen molar-refractivity contribution in [1.29, 1.82) is 0 Å². The average Bonchev–Trinajstić information content (AvgIpc) is 3.17. The van der Waals surface area contributed by atoms with Crippen LogP contribution in [0.3, 0.4) is 0 Å². The fraction of sp³-hybridized carbons (Fsp3) is 0.455. The zero-order valence-corrected chi connectivity index (χ0v) is 17.0. The molecule has 30 heavy (non-hydrogen) atoms. The van der Waals surface area contributed by atoms with E-state index in [-0.39, 0.29) is 23.5 Å². The number of nitrogens with one attached hydrogen (secondary N) is 1. The SMILES string of the molecule is CN1C[C@H](C(=O)Nc2ccc(F)cc2)C[C@@H]1C1CCN(C(=O)c2cnccn2)CC1. The number of amides is 2. The summed E-state index contributed by atoms with van der Waals surface area (Å²) in [5.74, 6) is -0.0595. The number of aromatic nitrogens is 2. The Bertz CT molecular complexity index is 884. The van der Waals surface area contributed by atoms with Crippen LogP contribution >= 0.6 is 0 Å². The number of piperidine rings is 1. The number of hydrogen-bond donors (Lipinski definition) is 1. The van der Waals surface area contributed by atoms with E-state index in [2.05, 4.69) is 27.2 Å². The lowest BCUT2D eigenvalue weighted by molar-refractivity contribution is -0.119. The summed E-state index contributed by atoms with van der Waals surface area (Å²) in [7, 11) is 2.06. The molecule has 2 aromatic rings. The largest absolute Gasteiger partial charge is 0.337 e. The topological polar surface area (TPSA) is 78.4 Å². The molecule has 7 nitrogen and oxygen atoms in total. The highest BCUT2D eigenvalue weighted by Gasteiger charge is 2.39. The molecule has 4 rings (SSSR count). The van der Waals surface area contributed by atoms with E-state index in [0.717, 1.165) is 19.3 Å². The van der Waals surface area contributed by atoms with Gasteiger partial charge in [0, 0.05) is 43.8 Å². The zero-order valence-electron chi connectivity index (χ0n) is 17.0. The van der Waals surface area contributed by atoms with Crippen LogP contribution in [-0.2, 0) is 4.79 Å². The Morgan fingerprint density at radius 2 is 1.87 bits per heavy atom. The van der Waals surface area contributed by atoms with Crippen LogP contribution < -0.4 is 5.32 Å². The first-order valence-corrected chi connectivity index (χ1v) is 10.3. The molecule has 2 saturated heterocycles. The second kappa shape index (κ2) is 8.87. The Balaban J connectivity index is 1.30. The van der Waals surface area contributed by atoms with Gasteiger partial charge in [-0.25, -0.2) is 9.37 Å². The molecule has 0 bridgehead atoms. The van der Waals surface area contributed by atoms with Crippen molar-refractivity contribution in [3.63, 3.8) is 0 Å². The maximum absolute atomic E-state index is 13.1. The van der Waals surface area contributed by atoms with Gasteiger partial charge in [-0.15, -0.1) is 0 Å². The summed E-state index contributed by atoms with van der Waals surface area (Å²) >= 11 is 0. The highest BCUT2D eigenvalue weighted by atomic mass is 19.1. The minimum Gasteiger partial charge on any atom is -0.337 e. The first kappa shape index (κ1) is 20.4. The summed E-state index contributed by atoms with van der Waals surface area (Å²) in [4.78, 5) is 37.4. The quantitative estimate of drug-likeness (QED) is 0.836. The molecule has 0 aliphatic carbocycles. The molecule has 1 aromatic heterocycles. The second-order valence-electron chi connectivity index (χ2n) is 8.16. The fourth-order valence-corrected chi connectivity index (χ4v) is 4.61. The van der Waals surface area contributed by atoms with Gasteiger partial charge in [-0.05, 0) is 56.5 Å². The summed E-state index contributed by atoms with van der Waals surface area (Å²) in [5, 5.41) is 2.90. The molecular formula is C22H26FN5O2. The van der Waals surface area contributed by atoms with Gasteiger partial charge in [0.2, 0.25) is 5.91 Å². The molecule has 3 heterocycles. The molecule has 8 heteroatoms. The first-order valence-electron chi connectivity index (χ1n) is 10.3. The van der Waals surface area contributed by atoms with Crippen LogP contribution in [0.4, 0.5) is 10.1 Å². The minimum atomic E-state index is -0.321. The Labute approximate surface area is 175 Å². The van der Waals surface area contributed by atoms with Gasteiger partial charge in [0.05, 0.1) is 12.1 Å². The lowest BCUT2D eigenvalue weighted by Gasteiger charge is -2.36. The molecule has 2 fully saturated rings. The van der Waals surface area contributed by atoms with Gasteiger partial charge in [0.25, 0.3) is 5.91 Å². The standard InChI is InChI=1S/C22H26FN5O2/c1-27-14-16(21(29)26-18-4-2-17(23)3-5-18)12-20(27)15-6-10-28(11-7-15)22(30)19-13-24-8-9-25-19/h2-5,8-9,13,15-16,20H,6-7,10-12,14H2,1H3,(H,26,29)/t16-,20-/m1/s1. The van der Waals surface area contributed by atoms with Gasteiger partial charge in [-0.3, -0.25) is 14.6 Å². The fourth-order valence-electron chi connectivity index (χ4n) is 4.61. The van der Waals surface area contributed by atoms with E-state index in [1.165, 1.54) is 24.5 Å². The molecule has 158 valence electrons. The number of nitrogens with zero attached hydrogens (tertiary/aromatic N) is 4. The van der Waals surface area contributed by atoms with E-state index >= 15 is 0 Å². The third-order valence-corrected chi connectivity index (χ3v) is 6.24. The minimum absolute atomic E-state index is 0.0220. The number of rotatable bonds is 4. The molecule has 0 unspecified atom stereocenters. The van der Waals surface area contributed by atoms with Crippen LogP contribution in [-0.4, -0.2) is 64.3 Å². The monoisotopic (exact) mass is 411 g/mol. The zero-order chi connectivity index (χ0) is 21.1. The number of carbonyl (C=O) groups excluding carboxylic acids is 2. The predicted octanol–water partition coefficient (Wildman–Crippen LogP) is 2.43. The van der Waals surface area contributed by atoms with Crippen molar-refractivity contribution in [2.75, 3.05) is 32.0 Å². The van der Waals surface area contributed by atoms with Crippen LogP contribution in [0.15, 0.2) is 42.9 Å². The van der Waals surface area contributed by atoms with Crippen LogP contribution in [0.2, 0.25) is 0 Å². The predicted molar refractivity (Wildman–Crippen MR) is 110 cm³/mol. The molecule has 2 atom stereocenters. The highest BCUT2D eigenvalue weighted by molar-refractivity contribution is 5.93. The Morgan fingerprint density at radius 1 is 1.13 bits per heavy atom. The van der Waals surface area contributed by atoms with E-state index in [0.29, 0.717) is 43.0 Å². The lowest BCUT2D eigenvalue weighted by Crippen LogP contribution is -2.44. The van der Waals surface area contributed by atoms with Crippen molar-refractivity contribution in [2.24, 2.45) is 11.8 Å². The normalized spacial score (nSPS) is 22.8. The lowest BCUT2D eigenvalue weighted by atomic mass is 9.86. The molecule has 1 aromatic carbocycles. The summed E-state index contributed by atoms with van der Waals surface area (Å²) in [6, 6.07) is 6.16. The van der Waals surface area contributed by atoms with Gasteiger partial charge in [0.15, 0.2) is 0 Å². The van der Waals surface area contributed by atoms with Crippen molar-refractivity contribution in [3.8, 4) is 0 Å². The van der Waals surface area contributed by atoms with E-state index in [4.69, 9.17) is 0 Å². The van der Waals surface area contributed by atoms with E-state index < -0.39 is 0 Å². The maximum atomic E-state index is 13.1. The second-order valence-corrected chi connectivity index (χ2v) is 8.16. The molecule has 0 radical (unpaired) electrons. The third-order valence-electron chi connectivity index (χ3n) is 6.24. The average molecular weight is 411 g/mol. The van der Waals surface area contributed by atoms with Crippen LogP contribution in [0, 0.1) is 17.7 Å². The van der Waals surface area contributed by atoms with Crippen molar-refractivity contribution in [2.45, 2.75) is 25.3 Å². The van der Waals surface area contributed by atoms with Crippen LogP contribution in [0.25, 0.3) is 0 Å². The molecule has 2 amide bonds. The van der Waals surface area contributed by atoms with Crippen molar-refractivity contribution in [3.05, 3.63) is 54.4 Å². The Morgan fingerprint density at radius 3 is 2.53 bits per heavy atom. The van der Waals surface area contributed by atoms with E-state index in [9.17, 15) is 14.0 Å². The first-order chi connectivity index (χ1) is 14.5. The van der Waals surface area contributed by atoms with E-state index in [1.807, 2.05) is 4.90 Å². The Hall–Kier alpha value is -2.87. The van der Waals surface area contributed by atoms with Gasteiger partial charge < -0.3 is 15.1 Å². The third kappa shape index (κ3) is 4.48. The molecule has 0 spiro atoms. The summed E-state index contributed by atoms with van der Waals surface area (Å²) < 4.78 is 13.1. The maximum Gasteiger partial charge on any atom is 0.274 e. The van der Waals surface area contributed by atoms with Gasteiger partial charge >= 0.3 is 0 Å². The molecule has 2 aliphatic rings.